The third kappa shape index (κ3) is 1.85. The third-order valence-electron chi connectivity index (χ3n) is 2.10. The number of rotatable bonds is 1. The van der Waals surface area contributed by atoms with E-state index in [4.69, 9.17) is 38.1 Å². The maximum Gasteiger partial charge on any atom is 0.149 e. The quantitative estimate of drug-likeness (QED) is 0.740. The highest BCUT2D eigenvalue weighted by Crippen LogP contribution is 2.34. The molecule has 2 heterocycles. The van der Waals surface area contributed by atoms with E-state index >= 15 is 0 Å². The van der Waals surface area contributed by atoms with Crippen molar-refractivity contribution in [2.24, 2.45) is 0 Å². The summed E-state index contributed by atoms with van der Waals surface area (Å²) in [5.74, 6) is 0.351. The van der Waals surface area contributed by atoms with Crippen molar-refractivity contribution in [2.45, 2.75) is 0 Å². The van der Waals surface area contributed by atoms with E-state index in [0.29, 0.717) is 5.76 Å². The molecule has 0 aromatic carbocycles. The summed E-state index contributed by atoms with van der Waals surface area (Å²) in [6.45, 7) is 0. The zero-order valence-electron chi connectivity index (χ0n) is 8.24. The molecule has 4 nitrogen and oxygen atoms in total. The Labute approximate surface area is 107 Å². The van der Waals surface area contributed by atoms with Crippen LogP contribution in [0.15, 0.2) is 22.8 Å². The predicted octanol–water partition coefficient (Wildman–Crippen LogP) is 3.39. The molecule has 2 aromatic rings. The molecule has 0 aliphatic heterocycles. The van der Waals surface area contributed by atoms with Crippen LogP contribution in [-0.4, -0.2) is 4.98 Å². The van der Waals surface area contributed by atoms with Gasteiger partial charge in [0.1, 0.15) is 39.3 Å². The van der Waals surface area contributed by atoms with Gasteiger partial charge in [0.25, 0.3) is 0 Å². The summed E-state index contributed by atoms with van der Waals surface area (Å²) in [6, 6.07) is 7.03. The van der Waals surface area contributed by atoms with E-state index in [1.54, 1.807) is 12.1 Å². The maximum absolute atomic E-state index is 9.04. The monoisotopic (exact) mass is 263 g/mol. The van der Waals surface area contributed by atoms with E-state index in [-0.39, 0.29) is 27.0 Å². The van der Waals surface area contributed by atoms with Gasteiger partial charge in [-0.25, -0.2) is 4.98 Å². The van der Waals surface area contributed by atoms with Crippen molar-refractivity contribution in [3.63, 3.8) is 0 Å². The minimum absolute atomic E-state index is 0.0529. The van der Waals surface area contributed by atoms with E-state index < -0.39 is 0 Å². The van der Waals surface area contributed by atoms with E-state index in [1.165, 1.54) is 6.26 Å². The molecule has 0 saturated heterocycles. The minimum atomic E-state index is -0.0529. The lowest BCUT2D eigenvalue weighted by Crippen LogP contribution is -1.95. The molecular formula is C11H3Cl2N3O. The third-order valence-corrected chi connectivity index (χ3v) is 2.65. The highest BCUT2D eigenvalue weighted by atomic mass is 35.5. The number of pyridine rings is 1. The van der Waals surface area contributed by atoms with Crippen LogP contribution < -0.4 is 0 Å². The molecule has 0 unspecified atom stereocenters. The Bertz CT molecular complexity index is 613. The number of aromatic nitrogens is 1. The molecule has 0 spiro atoms. The molecule has 0 N–H and O–H groups in total. The van der Waals surface area contributed by atoms with Gasteiger partial charge in [-0.3, -0.25) is 0 Å². The van der Waals surface area contributed by atoms with Gasteiger partial charge in [-0.2, -0.15) is 10.5 Å². The van der Waals surface area contributed by atoms with Gasteiger partial charge in [0.05, 0.1) is 11.8 Å². The van der Waals surface area contributed by atoms with Crippen molar-refractivity contribution in [1.29, 1.82) is 10.5 Å². The topological polar surface area (TPSA) is 73.6 Å². The normalized spacial score (nSPS) is 9.65. The Morgan fingerprint density at radius 1 is 1.12 bits per heavy atom. The van der Waals surface area contributed by atoms with Crippen LogP contribution >= 0.6 is 23.2 Å². The van der Waals surface area contributed by atoms with Crippen molar-refractivity contribution in [2.75, 3.05) is 0 Å². The van der Waals surface area contributed by atoms with Crippen LogP contribution in [0.3, 0.4) is 0 Å². The first-order valence-electron chi connectivity index (χ1n) is 4.42. The van der Waals surface area contributed by atoms with Gasteiger partial charge in [-0.15, -0.1) is 0 Å². The highest BCUT2D eigenvalue weighted by Gasteiger charge is 2.21. The first kappa shape index (κ1) is 11.5. The first-order valence-corrected chi connectivity index (χ1v) is 5.17. The van der Waals surface area contributed by atoms with E-state index in [1.807, 2.05) is 12.1 Å². The number of hydrogen-bond donors (Lipinski definition) is 0. The van der Waals surface area contributed by atoms with Gasteiger partial charge in [-0.1, -0.05) is 23.2 Å². The average Bonchev–Trinajstić information content (AvgIpc) is 2.81. The Morgan fingerprint density at radius 2 is 1.71 bits per heavy atom. The van der Waals surface area contributed by atoms with Crippen LogP contribution in [0, 0.1) is 22.7 Å². The van der Waals surface area contributed by atoms with Crippen LogP contribution in [0.2, 0.25) is 10.3 Å². The second-order valence-electron chi connectivity index (χ2n) is 3.02. The fraction of sp³-hybridized carbons (Fsp3) is 0. The van der Waals surface area contributed by atoms with E-state index in [2.05, 4.69) is 4.98 Å². The number of halogens is 2. The van der Waals surface area contributed by atoms with Crippen molar-refractivity contribution in [3.8, 4) is 23.5 Å². The first-order chi connectivity index (χ1) is 8.19. The molecule has 82 valence electrons. The van der Waals surface area contributed by atoms with Crippen LogP contribution in [0.5, 0.6) is 0 Å². The van der Waals surface area contributed by atoms with Crippen molar-refractivity contribution in [3.05, 3.63) is 39.8 Å². The number of nitrogens with zero attached hydrogens (tertiary/aromatic N) is 3. The van der Waals surface area contributed by atoms with Gasteiger partial charge >= 0.3 is 0 Å². The van der Waals surface area contributed by atoms with Crippen LogP contribution in [-0.2, 0) is 0 Å². The Hall–Kier alpha value is -2.01. The summed E-state index contributed by atoms with van der Waals surface area (Å²) in [6.07, 6.45) is 1.43. The molecule has 0 atom stereocenters. The minimum Gasteiger partial charge on any atom is -0.464 e. The Balaban J connectivity index is 2.89. The highest BCUT2D eigenvalue weighted by molar-refractivity contribution is 6.34. The molecule has 0 saturated carbocycles. The Morgan fingerprint density at radius 3 is 2.12 bits per heavy atom. The van der Waals surface area contributed by atoms with Crippen molar-refractivity contribution >= 4 is 23.2 Å². The van der Waals surface area contributed by atoms with Crippen molar-refractivity contribution in [1.82, 2.24) is 4.98 Å². The van der Waals surface area contributed by atoms with Crippen LogP contribution in [0.1, 0.15) is 11.1 Å². The summed E-state index contributed by atoms with van der Waals surface area (Å²) in [5.41, 5.74) is 0.412. The number of nitriles is 2. The average molecular weight is 264 g/mol. The summed E-state index contributed by atoms with van der Waals surface area (Å²) in [7, 11) is 0. The van der Waals surface area contributed by atoms with E-state index in [0.717, 1.165) is 0 Å². The van der Waals surface area contributed by atoms with Gasteiger partial charge in [-0.05, 0) is 12.1 Å². The Kier molecular flexibility index (Phi) is 3.01. The lowest BCUT2D eigenvalue weighted by molar-refractivity contribution is 0.582. The fourth-order valence-electron chi connectivity index (χ4n) is 1.40. The number of hydrogen-bond acceptors (Lipinski definition) is 4. The smallest absolute Gasteiger partial charge is 0.149 e. The zero-order valence-corrected chi connectivity index (χ0v) is 9.75. The molecule has 17 heavy (non-hydrogen) atoms. The van der Waals surface area contributed by atoms with E-state index in [9.17, 15) is 0 Å². The molecule has 2 rings (SSSR count). The molecule has 0 aliphatic carbocycles. The van der Waals surface area contributed by atoms with Gasteiger partial charge < -0.3 is 4.42 Å². The van der Waals surface area contributed by atoms with Crippen LogP contribution in [0.4, 0.5) is 0 Å². The molecule has 0 aliphatic rings. The van der Waals surface area contributed by atoms with Crippen LogP contribution in [0.25, 0.3) is 11.3 Å². The summed E-state index contributed by atoms with van der Waals surface area (Å²) < 4.78 is 5.17. The van der Waals surface area contributed by atoms with Gasteiger partial charge in [0.15, 0.2) is 0 Å². The summed E-state index contributed by atoms with van der Waals surface area (Å²) in [4.78, 5) is 3.73. The maximum atomic E-state index is 9.04. The zero-order chi connectivity index (χ0) is 12.4. The van der Waals surface area contributed by atoms with Crippen molar-refractivity contribution < 1.29 is 4.42 Å². The van der Waals surface area contributed by atoms with Gasteiger partial charge in [0, 0.05) is 0 Å². The molecular weight excluding hydrogens is 261 g/mol. The molecule has 0 radical (unpaired) electrons. The SMILES string of the molecule is N#Cc1c(Cl)nc(Cl)c(C#N)c1-c1ccco1. The second kappa shape index (κ2) is 4.47. The standard InChI is InChI=1S/C11H3Cl2N3O/c12-10-6(4-14)9(8-2-1-3-17-8)7(5-15)11(13)16-10/h1-3H. The lowest BCUT2D eigenvalue weighted by atomic mass is 10.0. The lowest BCUT2D eigenvalue weighted by Gasteiger charge is -2.06. The van der Waals surface area contributed by atoms with Gasteiger partial charge in [0.2, 0.25) is 0 Å². The molecule has 6 heteroatoms. The second-order valence-corrected chi connectivity index (χ2v) is 3.74. The largest absolute Gasteiger partial charge is 0.464 e. The predicted molar refractivity (Wildman–Crippen MR) is 61.4 cm³/mol. The molecule has 0 bridgehead atoms. The number of furan rings is 1. The molecule has 0 amide bonds. The molecule has 0 fully saturated rings. The summed E-state index contributed by atoms with van der Waals surface area (Å²) in [5, 5.41) is 18.0. The molecule has 2 aromatic heterocycles. The fourth-order valence-corrected chi connectivity index (χ4v) is 1.89. The summed E-state index contributed by atoms with van der Waals surface area (Å²) >= 11 is 11.6.